The molecule has 0 aliphatic heterocycles. The van der Waals surface area contributed by atoms with Gasteiger partial charge >= 0.3 is 0 Å². The van der Waals surface area contributed by atoms with E-state index < -0.39 is 0 Å². The number of para-hydroxylation sites is 1. The van der Waals surface area contributed by atoms with Gasteiger partial charge in [-0.25, -0.2) is 0 Å². The van der Waals surface area contributed by atoms with Gasteiger partial charge in [0.05, 0.1) is 0 Å². The van der Waals surface area contributed by atoms with Crippen molar-refractivity contribution in [2.75, 3.05) is 19.7 Å². The topological polar surface area (TPSA) is 67.4 Å². The molecule has 28 heavy (non-hydrogen) atoms. The third-order valence-electron chi connectivity index (χ3n) is 4.46. The molecule has 0 unspecified atom stereocenters. The molecule has 0 aliphatic rings. The highest BCUT2D eigenvalue weighted by Crippen LogP contribution is 2.22. The lowest BCUT2D eigenvalue weighted by molar-refractivity contribution is -0.123. The summed E-state index contributed by atoms with van der Waals surface area (Å²) in [6, 6.07) is 15.3. The minimum Gasteiger partial charge on any atom is -0.483 e. The minimum atomic E-state index is -0.213. The van der Waals surface area contributed by atoms with Gasteiger partial charge in [-0.1, -0.05) is 58.0 Å². The first-order valence-corrected chi connectivity index (χ1v) is 9.67. The molecule has 0 bridgehead atoms. The number of benzene rings is 2. The smallest absolute Gasteiger partial charge is 0.258 e. The van der Waals surface area contributed by atoms with Crippen molar-refractivity contribution in [3.63, 3.8) is 0 Å². The van der Waals surface area contributed by atoms with Crippen LogP contribution in [0.5, 0.6) is 5.75 Å². The standard InChI is InChI=1S/C23H30N2O3/c1-5-17-8-6-7-9-20(17)28-16-21(26)24-14-15-25-22(27)18-10-12-19(13-11-18)23(2,3)4/h6-13H,5,14-16H2,1-4H3,(H,24,26)(H,25,27). The second kappa shape index (κ2) is 9.93. The minimum absolute atomic E-state index is 0.0424. The number of ether oxygens (including phenoxy) is 1. The Kier molecular flexibility index (Phi) is 7.61. The number of hydrogen-bond acceptors (Lipinski definition) is 3. The maximum absolute atomic E-state index is 12.2. The van der Waals surface area contributed by atoms with Crippen molar-refractivity contribution >= 4 is 11.8 Å². The lowest BCUT2D eigenvalue weighted by Gasteiger charge is -2.19. The third kappa shape index (κ3) is 6.41. The van der Waals surface area contributed by atoms with Crippen LogP contribution in [0.2, 0.25) is 0 Å². The summed E-state index contributed by atoms with van der Waals surface area (Å²) in [7, 11) is 0. The molecular weight excluding hydrogens is 352 g/mol. The summed E-state index contributed by atoms with van der Waals surface area (Å²) >= 11 is 0. The predicted octanol–water partition coefficient (Wildman–Crippen LogP) is 3.47. The molecule has 0 atom stereocenters. The van der Waals surface area contributed by atoms with E-state index >= 15 is 0 Å². The number of carbonyl (C=O) groups is 2. The molecule has 5 nitrogen and oxygen atoms in total. The molecule has 0 aliphatic carbocycles. The molecule has 0 saturated heterocycles. The molecule has 0 heterocycles. The van der Waals surface area contributed by atoms with Crippen molar-refractivity contribution in [3.05, 3.63) is 65.2 Å². The molecule has 2 N–H and O–H groups in total. The molecule has 2 rings (SSSR count). The van der Waals surface area contributed by atoms with Crippen LogP contribution >= 0.6 is 0 Å². The highest BCUT2D eigenvalue weighted by atomic mass is 16.5. The summed E-state index contributed by atoms with van der Waals surface area (Å²) in [6.45, 7) is 9.11. The molecule has 2 aromatic rings. The van der Waals surface area contributed by atoms with Crippen LogP contribution in [0.1, 0.15) is 49.2 Å². The first-order chi connectivity index (χ1) is 13.3. The largest absolute Gasteiger partial charge is 0.483 e. The first kappa shape index (κ1) is 21.5. The van der Waals surface area contributed by atoms with Crippen LogP contribution in [0.4, 0.5) is 0 Å². The second-order valence-electron chi connectivity index (χ2n) is 7.68. The second-order valence-corrected chi connectivity index (χ2v) is 7.68. The van der Waals surface area contributed by atoms with Crippen molar-refractivity contribution in [1.29, 1.82) is 0 Å². The van der Waals surface area contributed by atoms with E-state index in [9.17, 15) is 9.59 Å². The lowest BCUT2D eigenvalue weighted by atomic mass is 9.87. The van der Waals surface area contributed by atoms with Gasteiger partial charge in [-0.05, 0) is 41.2 Å². The van der Waals surface area contributed by atoms with E-state index in [4.69, 9.17) is 4.74 Å². The summed E-state index contributed by atoms with van der Waals surface area (Å²) < 4.78 is 5.58. The Morgan fingerprint density at radius 3 is 2.21 bits per heavy atom. The molecule has 2 aromatic carbocycles. The van der Waals surface area contributed by atoms with Gasteiger partial charge < -0.3 is 15.4 Å². The summed E-state index contributed by atoms with van der Waals surface area (Å²) in [5, 5.41) is 5.56. The quantitative estimate of drug-likeness (QED) is 0.687. The Bertz CT molecular complexity index is 792. The monoisotopic (exact) mass is 382 g/mol. The zero-order chi connectivity index (χ0) is 20.6. The van der Waals surface area contributed by atoms with Gasteiger partial charge in [0.1, 0.15) is 5.75 Å². The number of nitrogens with one attached hydrogen (secondary N) is 2. The Hall–Kier alpha value is -2.82. The van der Waals surface area contributed by atoms with E-state index in [2.05, 4.69) is 31.4 Å². The molecule has 0 fully saturated rings. The summed E-state index contributed by atoms with van der Waals surface area (Å²) in [6.07, 6.45) is 0.848. The summed E-state index contributed by atoms with van der Waals surface area (Å²) in [5.74, 6) is 0.365. The Labute approximate surface area is 167 Å². The van der Waals surface area contributed by atoms with Gasteiger partial charge in [-0.2, -0.15) is 0 Å². The average molecular weight is 383 g/mol. The third-order valence-corrected chi connectivity index (χ3v) is 4.46. The maximum Gasteiger partial charge on any atom is 0.258 e. The van der Waals surface area contributed by atoms with Crippen LogP contribution in [-0.2, 0) is 16.6 Å². The number of amides is 2. The lowest BCUT2D eigenvalue weighted by Crippen LogP contribution is -2.36. The Morgan fingerprint density at radius 1 is 0.929 bits per heavy atom. The normalized spacial score (nSPS) is 11.0. The first-order valence-electron chi connectivity index (χ1n) is 9.67. The van der Waals surface area contributed by atoms with Crippen LogP contribution in [0.25, 0.3) is 0 Å². The zero-order valence-corrected chi connectivity index (χ0v) is 17.2. The SMILES string of the molecule is CCc1ccccc1OCC(=O)NCCNC(=O)c1ccc(C(C)(C)C)cc1. The average Bonchev–Trinajstić information content (AvgIpc) is 2.69. The molecule has 0 saturated carbocycles. The van der Waals surface area contributed by atoms with Gasteiger partial charge in [-0.3, -0.25) is 9.59 Å². The van der Waals surface area contributed by atoms with Gasteiger partial charge in [0.2, 0.25) is 0 Å². The Morgan fingerprint density at radius 2 is 1.57 bits per heavy atom. The van der Waals surface area contributed by atoms with E-state index in [0.29, 0.717) is 18.7 Å². The highest BCUT2D eigenvalue weighted by molar-refractivity contribution is 5.94. The van der Waals surface area contributed by atoms with Crippen LogP contribution < -0.4 is 15.4 Å². The van der Waals surface area contributed by atoms with Crippen LogP contribution in [0.15, 0.2) is 48.5 Å². The number of carbonyl (C=O) groups excluding carboxylic acids is 2. The van der Waals surface area contributed by atoms with Gasteiger partial charge in [0.15, 0.2) is 6.61 Å². The van der Waals surface area contributed by atoms with Gasteiger partial charge in [0.25, 0.3) is 11.8 Å². The fraction of sp³-hybridized carbons (Fsp3) is 0.391. The van der Waals surface area contributed by atoms with Gasteiger partial charge in [0, 0.05) is 18.7 Å². The van der Waals surface area contributed by atoms with Crippen molar-refractivity contribution in [2.45, 2.75) is 39.5 Å². The molecule has 5 heteroatoms. The molecule has 0 spiro atoms. The summed E-state index contributed by atoms with van der Waals surface area (Å²) in [5.41, 5.74) is 2.92. The fourth-order valence-electron chi connectivity index (χ4n) is 2.73. The number of rotatable bonds is 8. The van der Waals surface area contributed by atoms with E-state index in [-0.39, 0.29) is 23.8 Å². The van der Waals surface area contributed by atoms with Crippen molar-refractivity contribution in [3.8, 4) is 5.75 Å². The van der Waals surface area contributed by atoms with Crippen LogP contribution in [-0.4, -0.2) is 31.5 Å². The van der Waals surface area contributed by atoms with Crippen molar-refractivity contribution in [1.82, 2.24) is 10.6 Å². The van der Waals surface area contributed by atoms with E-state index in [1.165, 1.54) is 5.56 Å². The van der Waals surface area contributed by atoms with E-state index in [0.717, 1.165) is 17.7 Å². The van der Waals surface area contributed by atoms with Crippen LogP contribution in [0.3, 0.4) is 0 Å². The number of hydrogen-bond donors (Lipinski definition) is 2. The fourth-order valence-corrected chi connectivity index (χ4v) is 2.73. The van der Waals surface area contributed by atoms with Crippen molar-refractivity contribution in [2.24, 2.45) is 0 Å². The van der Waals surface area contributed by atoms with E-state index in [1.807, 2.05) is 55.5 Å². The van der Waals surface area contributed by atoms with E-state index in [1.54, 1.807) is 0 Å². The van der Waals surface area contributed by atoms with Crippen LogP contribution in [0, 0.1) is 0 Å². The molecule has 0 radical (unpaired) electrons. The Balaban J connectivity index is 1.70. The van der Waals surface area contributed by atoms with Gasteiger partial charge in [-0.15, -0.1) is 0 Å². The molecular formula is C23H30N2O3. The summed E-state index contributed by atoms with van der Waals surface area (Å²) in [4.78, 5) is 24.1. The molecule has 2 amide bonds. The molecule has 0 aromatic heterocycles. The molecule has 150 valence electrons. The maximum atomic E-state index is 12.2. The highest BCUT2D eigenvalue weighted by Gasteiger charge is 2.14. The number of aryl methyl sites for hydroxylation is 1. The zero-order valence-electron chi connectivity index (χ0n) is 17.2. The predicted molar refractivity (Wildman–Crippen MR) is 112 cm³/mol. The van der Waals surface area contributed by atoms with Crippen molar-refractivity contribution < 1.29 is 14.3 Å².